The van der Waals surface area contributed by atoms with E-state index in [1.54, 1.807) is 0 Å². The quantitative estimate of drug-likeness (QED) is 0.266. The van der Waals surface area contributed by atoms with Crippen LogP contribution >= 0.6 is 0 Å². The number of hydrogen-bond acceptors (Lipinski definition) is 6. The standard InChI is InChI=1S/2C13H11N.C10H6O8/c2*1-2-4-12(5-3-1)6-7-13-8-10-14-11-9-13;11-7(12)3-1-4(8(13)14)6(10(17)18)2-5(3)9(15)16/h2*1-11H;1-2H,(H,11,12)(H,13,14)(H,15,16)(H,17,18)/b2*7-6+;. The number of nitrogens with one attached hydrogen (secondary N) is 2. The Labute approximate surface area is 263 Å². The predicted octanol–water partition coefficient (Wildman–Crippen LogP) is 3.15. The second-order valence-electron chi connectivity index (χ2n) is 9.28. The summed E-state index contributed by atoms with van der Waals surface area (Å²) in [6, 6.07) is 29.5. The zero-order valence-corrected chi connectivity index (χ0v) is 24.2. The minimum atomic E-state index is -1.94. The summed E-state index contributed by atoms with van der Waals surface area (Å²) in [7, 11) is 0. The van der Waals surface area contributed by atoms with Gasteiger partial charge in [0.15, 0.2) is 24.8 Å². The van der Waals surface area contributed by atoms with E-state index in [0.717, 1.165) is 0 Å². The molecule has 46 heavy (non-hydrogen) atoms. The number of carbonyl (C=O) groups is 4. The van der Waals surface area contributed by atoms with Crippen molar-refractivity contribution in [1.82, 2.24) is 0 Å². The van der Waals surface area contributed by atoms with E-state index in [9.17, 15) is 29.4 Å². The zero-order valence-electron chi connectivity index (χ0n) is 24.2. The molecule has 0 aliphatic heterocycles. The third-order valence-electron chi connectivity index (χ3n) is 6.08. The van der Waals surface area contributed by atoms with Gasteiger partial charge in [0.1, 0.15) is 0 Å². The van der Waals surface area contributed by atoms with Crippen LogP contribution in [0.4, 0.5) is 0 Å². The number of aromatic nitrogens is 2. The minimum absolute atomic E-state index is 0.386. The number of carbonyl (C=O) groups excluding carboxylic acids is 2. The molecule has 0 spiro atoms. The third-order valence-corrected chi connectivity index (χ3v) is 6.08. The Hall–Kier alpha value is -6.68. The molecule has 0 aliphatic rings. The number of carboxylic acids is 4. The summed E-state index contributed by atoms with van der Waals surface area (Å²) in [5.74, 6) is -7.32. The summed E-state index contributed by atoms with van der Waals surface area (Å²) in [6.45, 7) is 0. The molecule has 0 atom stereocenters. The molecule has 0 saturated carbocycles. The molecule has 10 heteroatoms. The van der Waals surface area contributed by atoms with Gasteiger partial charge >= 0.3 is 11.9 Å². The van der Waals surface area contributed by atoms with E-state index in [0.29, 0.717) is 12.1 Å². The molecule has 10 nitrogen and oxygen atoms in total. The topological polar surface area (TPSA) is 183 Å². The number of H-pyrrole nitrogens is 2. The Kier molecular flexibility index (Phi) is 12.8. The van der Waals surface area contributed by atoms with E-state index in [1.165, 1.54) is 22.3 Å². The maximum atomic E-state index is 10.7. The molecular formula is C36H28N2O8. The van der Waals surface area contributed by atoms with Gasteiger partial charge in [-0.05, 0) is 34.4 Å². The summed E-state index contributed by atoms with van der Waals surface area (Å²) in [5, 5.41) is 38.7. The lowest BCUT2D eigenvalue weighted by atomic mass is 9.98. The van der Waals surface area contributed by atoms with E-state index < -0.39 is 46.1 Å². The second-order valence-corrected chi connectivity index (χ2v) is 9.28. The van der Waals surface area contributed by atoms with Crippen LogP contribution in [0, 0.1) is 0 Å². The van der Waals surface area contributed by atoms with Crippen molar-refractivity contribution in [3.05, 3.63) is 166 Å². The number of aromatic carboxylic acids is 4. The number of benzene rings is 3. The Morgan fingerprint density at radius 1 is 0.457 bits per heavy atom. The fraction of sp³-hybridized carbons (Fsp3) is 0. The van der Waals surface area contributed by atoms with Crippen LogP contribution in [-0.2, 0) is 0 Å². The van der Waals surface area contributed by atoms with E-state index in [1.807, 2.05) is 85.5 Å². The van der Waals surface area contributed by atoms with Gasteiger partial charge in [0.05, 0.1) is 23.1 Å². The molecule has 5 rings (SSSR count). The summed E-state index contributed by atoms with van der Waals surface area (Å²) in [5.41, 5.74) is 1.22. The lowest BCUT2D eigenvalue weighted by Gasteiger charge is -2.13. The van der Waals surface area contributed by atoms with Crippen molar-refractivity contribution in [3.63, 3.8) is 0 Å². The van der Waals surface area contributed by atoms with Crippen LogP contribution in [0.25, 0.3) is 24.3 Å². The predicted molar refractivity (Wildman–Crippen MR) is 166 cm³/mol. The summed E-state index contributed by atoms with van der Waals surface area (Å²) in [6.07, 6.45) is 16.1. The molecule has 0 radical (unpaired) electrons. The van der Waals surface area contributed by atoms with E-state index in [2.05, 4.69) is 58.5 Å². The number of carboxylic acid groups (broad SMARTS) is 4. The average molecular weight is 617 g/mol. The van der Waals surface area contributed by atoms with Crippen LogP contribution in [0.1, 0.15) is 63.7 Å². The van der Waals surface area contributed by atoms with Gasteiger partial charge in [-0.3, -0.25) is 0 Å². The largest absolute Gasteiger partial charge is 0.545 e. The fourth-order valence-electron chi connectivity index (χ4n) is 3.83. The van der Waals surface area contributed by atoms with Crippen LogP contribution < -0.4 is 20.2 Å². The highest BCUT2D eigenvalue weighted by Crippen LogP contribution is 2.17. The van der Waals surface area contributed by atoms with Crippen molar-refractivity contribution in [2.75, 3.05) is 0 Å². The smallest absolute Gasteiger partial charge is 0.336 e. The molecule has 0 saturated heterocycles. The highest BCUT2D eigenvalue weighted by molar-refractivity contribution is 6.08. The molecule has 0 unspecified atom stereocenters. The van der Waals surface area contributed by atoms with E-state index >= 15 is 0 Å². The minimum Gasteiger partial charge on any atom is -0.545 e. The molecule has 4 N–H and O–H groups in total. The Bertz CT molecular complexity index is 1560. The third kappa shape index (κ3) is 10.9. The van der Waals surface area contributed by atoms with Gasteiger partial charge in [0.25, 0.3) is 0 Å². The van der Waals surface area contributed by atoms with Crippen molar-refractivity contribution < 1.29 is 49.6 Å². The fourth-order valence-corrected chi connectivity index (χ4v) is 3.83. The first-order valence-corrected chi connectivity index (χ1v) is 13.6. The van der Waals surface area contributed by atoms with E-state index in [4.69, 9.17) is 10.2 Å². The van der Waals surface area contributed by atoms with Crippen molar-refractivity contribution in [1.29, 1.82) is 0 Å². The first kappa shape index (κ1) is 33.8. The molecule has 2 aromatic heterocycles. The molecule has 3 aromatic carbocycles. The highest BCUT2D eigenvalue weighted by Gasteiger charge is 2.19. The highest BCUT2D eigenvalue weighted by atomic mass is 16.4. The molecule has 2 heterocycles. The first-order chi connectivity index (χ1) is 22.2. The number of aromatic amines is 2. The van der Waals surface area contributed by atoms with Gasteiger partial charge < -0.3 is 30.0 Å². The maximum Gasteiger partial charge on any atom is 0.336 e. The Balaban J connectivity index is 0.000000190. The molecule has 0 fully saturated rings. The second kappa shape index (κ2) is 17.4. The summed E-state index contributed by atoms with van der Waals surface area (Å²) >= 11 is 0. The number of hydrogen-bond donors (Lipinski definition) is 2. The summed E-state index contributed by atoms with van der Waals surface area (Å²) in [4.78, 5) is 48.8. The average Bonchev–Trinajstić information content (AvgIpc) is 3.08. The van der Waals surface area contributed by atoms with Gasteiger partial charge in [0.2, 0.25) is 0 Å². The van der Waals surface area contributed by atoms with Gasteiger partial charge in [-0.2, -0.15) is 0 Å². The van der Waals surface area contributed by atoms with Crippen molar-refractivity contribution >= 4 is 48.2 Å². The lowest BCUT2D eigenvalue weighted by molar-refractivity contribution is -0.378. The molecule has 0 aliphatic carbocycles. The first-order valence-electron chi connectivity index (χ1n) is 13.6. The van der Waals surface area contributed by atoms with Crippen LogP contribution in [-0.4, -0.2) is 34.1 Å². The lowest BCUT2D eigenvalue weighted by Crippen LogP contribution is -2.29. The van der Waals surface area contributed by atoms with Gasteiger partial charge in [0, 0.05) is 35.4 Å². The van der Waals surface area contributed by atoms with Crippen LogP contribution in [0.2, 0.25) is 0 Å². The molecular weight excluding hydrogens is 588 g/mol. The van der Waals surface area contributed by atoms with Crippen LogP contribution in [0.5, 0.6) is 0 Å². The Morgan fingerprint density at radius 2 is 0.739 bits per heavy atom. The van der Waals surface area contributed by atoms with Crippen LogP contribution in [0.15, 0.2) is 122 Å². The van der Waals surface area contributed by atoms with Gasteiger partial charge in [-0.15, -0.1) is 0 Å². The number of rotatable bonds is 8. The normalized spacial score (nSPS) is 10.3. The maximum absolute atomic E-state index is 10.7. The number of pyridine rings is 2. The van der Waals surface area contributed by atoms with E-state index in [-0.39, 0.29) is 0 Å². The Morgan fingerprint density at radius 3 is 1.02 bits per heavy atom. The molecule has 0 amide bonds. The van der Waals surface area contributed by atoms with Gasteiger partial charge in [-0.25, -0.2) is 19.6 Å². The van der Waals surface area contributed by atoms with Crippen molar-refractivity contribution in [2.24, 2.45) is 0 Å². The molecule has 0 bridgehead atoms. The monoisotopic (exact) mass is 616 g/mol. The van der Waals surface area contributed by atoms with Crippen molar-refractivity contribution in [3.8, 4) is 0 Å². The molecule has 5 aromatic rings. The summed E-state index contributed by atoms with van der Waals surface area (Å²) < 4.78 is 0. The zero-order chi connectivity index (χ0) is 33.3. The SMILES string of the molecule is C(=C\c1cc[nH+]cc1)/c1ccccc1.C(=C\c1cc[nH+]cc1)/c1ccccc1.O=C([O-])c1cc(C(=O)[O-])c(C(=O)O)cc1C(=O)O. The van der Waals surface area contributed by atoms with Crippen molar-refractivity contribution in [2.45, 2.75) is 0 Å². The van der Waals surface area contributed by atoms with Gasteiger partial charge in [-0.1, -0.05) is 85.0 Å². The molecule has 230 valence electrons. The van der Waals surface area contributed by atoms with Crippen LogP contribution in [0.3, 0.4) is 0 Å².